The average molecular weight is 353 g/mol. The second-order valence-electron chi connectivity index (χ2n) is 7.31. The minimum atomic E-state index is -0.169. The van der Waals surface area contributed by atoms with Crippen LogP contribution in [-0.2, 0) is 7.05 Å². The number of fused-ring (bicyclic) bond motifs is 1. The summed E-state index contributed by atoms with van der Waals surface area (Å²) in [5.74, 6) is 0.918. The highest BCUT2D eigenvalue weighted by atomic mass is 16.5. The predicted molar refractivity (Wildman–Crippen MR) is 96.4 cm³/mol. The monoisotopic (exact) mass is 353 g/mol. The molecule has 0 saturated carbocycles. The highest BCUT2D eigenvalue weighted by Crippen LogP contribution is 2.34. The first-order chi connectivity index (χ1) is 12.5. The van der Waals surface area contributed by atoms with Gasteiger partial charge in [0, 0.05) is 38.7 Å². The number of hydrogen-bond donors (Lipinski definition) is 0. The van der Waals surface area contributed by atoms with Crippen LogP contribution in [0.4, 0.5) is 0 Å². The van der Waals surface area contributed by atoms with Crippen LogP contribution in [0.3, 0.4) is 0 Å². The van der Waals surface area contributed by atoms with Gasteiger partial charge in [-0.1, -0.05) is 11.6 Å². The molecule has 2 atom stereocenters. The third kappa shape index (κ3) is 3.11. The van der Waals surface area contributed by atoms with E-state index in [1.165, 1.54) is 0 Å². The molecule has 1 aromatic carbocycles. The van der Waals surface area contributed by atoms with Crippen molar-refractivity contribution >= 4 is 11.7 Å². The number of carbonyl (C=O) groups is 2. The summed E-state index contributed by atoms with van der Waals surface area (Å²) in [6, 6.07) is 7.48. The van der Waals surface area contributed by atoms with E-state index in [2.05, 4.69) is 5.10 Å². The number of piperidine rings is 1. The number of amides is 1. The van der Waals surface area contributed by atoms with E-state index >= 15 is 0 Å². The number of likely N-dealkylation sites (tertiary alicyclic amines) is 1. The molecule has 1 aromatic heterocycles. The molecule has 0 bridgehead atoms. The van der Waals surface area contributed by atoms with Crippen LogP contribution in [0.15, 0.2) is 30.5 Å². The van der Waals surface area contributed by atoms with Crippen LogP contribution >= 0.6 is 0 Å². The second kappa shape index (κ2) is 6.59. The van der Waals surface area contributed by atoms with Crippen LogP contribution in [0.2, 0.25) is 0 Å². The molecule has 4 rings (SSSR count). The molecular weight excluding hydrogens is 330 g/mol. The molecule has 2 aliphatic rings. The van der Waals surface area contributed by atoms with Crippen LogP contribution in [0.1, 0.15) is 45.7 Å². The average Bonchev–Trinajstić information content (AvgIpc) is 3.08. The van der Waals surface area contributed by atoms with E-state index in [9.17, 15) is 9.59 Å². The molecule has 0 radical (unpaired) electrons. The molecule has 0 aliphatic carbocycles. The molecule has 0 N–H and O–H groups in total. The van der Waals surface area contributed by atoms with Crippen molar-refractivity contribution in [2.24, 2.45) is 13.0 Å². The maximum absolute atomic E-state index is 12.7. The first kappa shape index (κ1) is 16.8. The Morgan fingerprint density at radius 2 is 2.15 bits per heavy atom. The molecule has 26 heavy (non-hydrogen) atoms. The standard InChI is InChI=1S/C20H23N3O3/c1-13-5-6-18-15(10-13)17(24)11-19(26-18)14-4-3-8-23(12-14)20(25)16-7-9-22(2)21-16/h5-7,9-10,14,19H,3-4,8,11-12H2,1-2H3/t14-,19+/m0/s1. The Morgan fingerprint density at radius 3 is 2.92 bits per heavy atom. The summed E-state index contributed by atoms with van der Waals surface area (Å²) < 4.78 is 7.79. The number of nitrogens with zero attached hydrogens (tertiary/aromatic N) is 3. The number of hydrogen-bond acceptors (Lipinski definition) is 4. The lowest BCUT2D eigenvalue weighted by molar-refractivity contribution is 0.0405. The topological polar surface area (TPSA) is 64.4 Å². The molecule has 6 heteroatoms. The summed E-state index contributed by atoms with van der Waals surface area (Å²) in [6.45, 7) is 3.30. The van der Waals surface area contributed by atoms with E-state index in [0.29, 0.717) is 30.0 Å². The largest absolute Gasteiger partial charge is 0.489 e. The minimum absolute atomic E-state index is 0.0477. The van der Waals surface area contributed by atoms with E-state index in [0.717, 1.165) is 24.9 Å². The van der Waals surface area contributed by atoms with Gasteiger partial charge < -0.3 is 9.64 Å². The van der Waals surface area contributed by atoms with Crippen LogP contribution in [-0.4, -0.2) is 45.6 Å². The van der Waals surface area contributed by atoms with E-state index in [-0.39, 0.29) is 23.7 Å². The summed E-state index contributed by atoms with van der Waals surface area (Å²) in [5, 5.41) is 4.21. The second-order valence-corrected chi connectivity index (χ2v) is 7.31. The predicted octanol–water partition coefficient (Wildman–Crippen LogP) is 2.61. The Bertz CT molecular complexity index is 858. The van der Waals surface area contributed by atoms with E-state index in [1.54, 1.807) is 24.0 Å². The molecule has 0 spiro atoms. The summed E-state index contributed by atoms with van der Waals surface area (Å²) >= 11 is 0. The van der Waals surface area contributed by atoms with Crippen molar-refractivity contribution in [2.75, 3.05) is 13.1 Å². The van der Waals surface area contributed by atoms with E-state index < -0.39 is 0 Å². The van der Waals surface area contributed by atoms with Gasteiger partial charge in [-0.3, -0.25) is 14.3 Å². The molecule has 1 fully saturated rings. The quantitative estimate of drug-likeness (QED) is 0.832. The third-order valence-electron chi connectivity index (χ3n) is 5.30. The van der Waals surface area contributed by atoms with Gasteiger partial charge in [0.05, 0.1) is 5.56 Å². The van der Waals surface area contributed by atoms with Gasteiger partial charge in [0.25, 0.3) is 5.91 Å². The molecule has 1 saturated heterocycles. The van der Waals surface area contributed by atoms with Gasteiger partial charge >= 0.3 is 0 Å². The smallest absolute Gasteiger partial charge is 0.274 e. The van der Waals surface area contributed by atoms with Gasteiger partial charge in [0.2, 0.25) is 0 Å². The molecule has 0 unspecified atom stereocenters. The lowest BCUT2D eigenvalue weighted by atomic mass is 9.86. The molecule has 136 valence electrons. The van der Waals surface area contributed by atoms with E-state index in [1.807, 2.05) is 30.0 Å². The zero-order valence-electron chi connectivity index (χ0n) is 15.1. The summed E-state index contributed by atoms with van der Waals surface area (Å²) in [5.41, 5.74) is 2.21. The molecule has 3 heterocycles. The zero-order valence-corrected chi connectivity index (χ0v) is 15.1. The minimum Gasteiger partial charge on any atom is -0.489 e. The lowest BCUT2D eigenvalue weighted by Gasteiger charge is -2.38. The number of aryl methyl sites for hydroxylation is 2. The van der Waals surface area contributed by atoms with Gasteiger partial charge in [0.15, 0.2) is 5.78 Å². The number of ether oxygens (including phenoxy) is 1. The fourth-order valence-electron chi connectivity index (χ4n) is 3.91. The van der Waals surface area contributed by atoms with Crippen molar-refractivity contribution in [3.05, 3.63) is 47.3 Å². The van der Waals surface area contributed by atoms with Gasteiger partial charge in [-0.2, -0.15) is 5.10 Å². The highest BCUT2D eigenvalue weighted by molar-refractivity contribution is 6.00. The SMILES string of the molecule is Cc1ccc2c(c1)C(=O)C[C@H]([C@H]1CCCN(C(=O)c3ccn(C)n3)C1)O2. The van der Waals surface area contributed by atoms with Crippen LogP contribution in [0.5, 0.6) is 5.75 Å². The third-order valence-corrected chi connectivity index (χ3v) is 5.30. The number of rotatable bonds is 2. The number of ketones is 1. The Kier molecular flexibility index (Phi) is 4.26. The number of carbonyl (C=O) groups excluding carboxylic acids is 2. The summed E-state index contributed by atoms with van der Waals surface area (Å²) in [4.78, 5) is 27.1. The first-order valence-electron chi connectivity index (χ1n) is 9.10. The zero-order chi connectivity index (χ0) is 18.3. The maximum atomic E-state index is 12.7. The van der Waals surface area contributed by atoms with Crippen molar-refractivity contribution < 1.29 is 14.3 Å². The maximum Gasteiger partial charge on any atom is 0.274 e. The van der Waals surface area contributed by atoms with Gasteiger partial charge in [0.1, 0.15) is 17.5 Å². The first-order valence-corrected chi connectivity index (χ1v) is 9.10. The van der Waals surface area contributed by atoms with Crippen molar-refractivity contribution in [1.82, 2.24) is 14.7 Å². The molecule has 2 aliphatic heterocycles. The Hall–Kier alpha value is -2.63. The Balaban J connectivity index is 1.49. The van der Waals surface area contributed by atoms with Crippen LogP contribution in [0.25, 0.3) is 0 Å². The molecule has 2 aromatic rings. The van der Waals surface area contributed by atoms with Gasteiger partial charge in [-0.05, 0) is 38.0 Å². The summed E-state index contributed by atoms with van der Waals surface area (Å²) in [7, 11) is 1.80. The lowest BCUT2D eigenvalue weighted by Crippen LogP contribution is -2.46. The van der Waals surface area contributed by atoms with Crippen molar-refractivity contribution in [2.45, 2.75) is 32.3 Å². The molecule has 6 nitrogen and oxygen atoms in total. The Labute approximate surface area is 152 Å². The number of aromatic nitrogens is 2. The van der Waals surface area contributed by atoms with E-state index in [4.69, 9.17) is 4.74 Å². The summed E-state index contributed by atoms with van der Waals surface area (Å²) in [6.07, 6.45) is 3.86. The highest BCUT2D eigenvalue weighted by Gasteiger charge is 2.36. The van der Waals surface area contributed by atoms with Crippen molar-refractivity contribution in [3.63, 3.8) is 0 Å². The fourth-order valence-corrected chi connectivity index (χ4v) is 3.91. The van der Waals surface area contributed by atoms with Gasteiger partial charge in [-0.25, -0.2) is 0 Å². The van der Waals surface area contributed by atoms with Crippen LogP contribution < -0.4 is 4.74 Å². The number of benzene rings is 1. The van der Waals surface area contributed by atoms with Crippen molar-refractivity contribution in [3.8, 4) is 5.75 Å². The normalized spacial score (nSPS) is 22.7. The Morgan fingerprint density at radius 1 is 1.31 bits per heavy atom. The number of Topliss-reactive ketones (excluding diaryl/α,β-unsaturated/α-hetero) is 1. The molecular formula is C20H23N3O3. The fraction of sp³-hybridized carbons (Fsp3) is 0.450. The van der Waals surface area contributed by atoms with Gasteiger partial charge in [-0.15, -0.1) is 0 Å². The van der Waals surface area contributed by atoms with Crippen molar-refractivity contribution in [1.29, 1.82) is 0 Å². The molecule has 1 amide bonds. The van der Waals surface area contributed by atoms with Crippen LogP contribution in [0, 0.1) is 12.8 Å².